The molecule has 284 valence electrons. The maximum Gasteiger partial charge on any atom is 0.0710 e. The van der Waals surface area contributed by atoms with Gasteiger partial charge in [-0.05, 0) is 179 Å². The smallest absolute Gasteiger partial charge is 0.0710 e. The largest absolute Gasteiger partial charge is 0.0808 e. The third-order valence-corrected chi connectivity index (χ3v) is 13.4. The molecule has 2 heteroatoms. The summed E-state index contributed by atoms with van der Waals surface area (Å²) in [5.74, 6) is 0.599. The van der Waals surface area contributed by atoms with Gasteiger partial charge in [0.05, 0.1) is 5.41 Å². The zero-order chi connectivity index (χ0) is 38.7. The molecule has 0 bridgehead atoms. The second kappa shape index (κ2) is 17.4. The molecule has 0 saturated heterocycles. The van der Waals surface area contributed by atoms with E-state index in [1.165, 1.54) is 141 Å². The van der Waals surface area contributed by atoms with Crippen molar-refractivity contribution in [2.24, 2.45) is 5.92 Å². The number of benzene rings is 5. The Morgan fingerprint density at radius 2 is 1.09 bits per heavy atom. The molecule has 0 aromatic heterocycles. The van der Waals surface area contributed by atoms with Crippen LogP contribution < -0.4 is 0 Å². The highest BCUT2D eigenvalue weighted by atomic mass is 79.9. The van der Waals surface area contributed by atoms with Crippen LogP contribution in [0.15, 0.2) is 118 Å². The SMILES string of the molecule is CCCCCCc1ccc(C2(C3=CCC(CCCCCC)C=C3)c3cc(-c4c(C)cc(Br)cc4C)ccc3-c3ccc(-c4c(C)cc(Br)cc4C)cc32)cc1. The zero-order valence-electron chi connectivity index (χ0n) is 33.9. The second-order valence-electron chi connectivity index (χ2n) is 16.5. The molecule has 0 heterocycles. The van der Waals surface area contributed by atoms with Gasteiger partial charge in [0.25, 0.3) is 0 Å². The lowest BCUT2D eigenvalue weighted by Crippen LogP contribution is -2.30. The molecule has 5 aromatic rings. The number of hydrogen-bond donors (Lipinski definition) is 0. The van der Waals surface area contributed by atoms with Crippen molar-refractivity contribution in [1.29, 1.82) is 0 Å². The predicted molar refractivity (Wildman–Crippen MR) is 245 cm³/mol. The van der Waals surface area contributed by atoms with E-state index in [1.807, 2.05) is 0 Å². The van der Waals surface area contributed by atoms with E-state index in [-0.39, 0.29) is 0 Å². The fourth-order valence-corrected chi connectivity index (χ4v) is 11.2. The highest BCUT2D eigenvalue weighted by molar-refractivity contribution is 9.10. The highest BCUT2D eigenvalue weighted by Crippen LogP contribution is 2.59. The first-order valence-electron chi connectivity index (χ1n) is 21.0. The summed E-state index contributed by atoms with van der Waals surface area (Å²) in [6, 6.07) is 33.6. The minimum absolute atomic E-state index is 0.449. The minimum Gasteiger partial charge on any atom is -0.0808 e. The fourth-order valence-electron chi connectivity index (χ4n) is 9.82. The van der Waals surface area contributed by atoms with Crippen LogP contribution in [0.3, 0.4) is 0 Å². The van der Waals surface area contributed by atoms with Crippen LogP contribution in [0, 0.1) is 33.6 Å². The van der Waals surface area contributed by atoms with Crippen molar-refractivity contribution in [3.63, 3.8) is 0 Å². The number of hydrogen-bond acceptors (Lipinski definition) is 0. The van der Waals surface area contributed by atoms with E-state index >= 15 is 0 Å². The first-order valence-corrected chi connectivity index (χ1v) is 22.6. The van der Waals surface area contributed by atoms with Crippen LogP contribution in [-0.2, 0) is 11.8 Å². The number of aryl methyl sites for hydroxylation is 5. The molecule has 0 N–H and O–H groups in total. The normalized spacial score (nSPS) is 15.6. The molecule has 55 heavy (non-hydrogen) atoms. The molecule has 1 unspecified atom stereocenters. The van der Waals surface area contributed by atoms with E-state index in [0.717, 1.165) is 21.8 Å². The highest BCUT2D eigenvalue weighted by Gasteiger charge is 2.47. The summed E-state index contributed by atoms with van der Waals surface area (Å²) in [7, 11) is 0. The van der Waals surface area contributed by atoms with Gasteiger partial charge in [0.15, 0.2) is 0 Å². The lowest BCUT2D eigenvalue weighted by atomic mass is 9.65. The summed E-state index contributed by atoms with van der Waals surface area (Å²) in [6.45, 7) is 13.6. The van der Waals surface area contributed by atoms with Gasteiger partial charge in [-0.2, -0.15) is 0 Å². The summed E-state index contributed by atoms with van der Waals surface area (Å²) < 4.78 is 2.27. The van der Waals surface area contributed by atoms with Gasteiger partial charge in [0.1, 0.15) is 0 Å². The second-order valence-corrected chi connectivity index (χ2v) is 18.3. The van der Waals surface area contributed by atoms with Crippen molar-refractivity contribution >= 4 is 31.9 Å². The number of allylic oxidation sites excluding steroid dienone is 4. The Hall–Kier alpha value is -3.46. The van der Waals surface area contributed by atoms with Crippen LogP contribution in [-0.4, -0.2) is 0 Å². The van der Waals surface area contributed by atoms with Gasteiger partial charge in [-0.25, -0.2) is 0 Å². The molecular weight excluding hydrogens is 796 g/mol. The molecule has 0 aliphatic heterocycles. The van der Waals surface area contributed by atoms with Crippen LogP contribution in [0.5, 0.6) is 0 Å². The topological polar surface area (TPSA) is 0 Å². The number of rotatable bonds is 14. The Morgan fingerprint density at radius 3 is 1.56 bits per heavy atom. The Kier molecular flexibility index (Phi) is 12.5. The first-order chi connectivity index (χ1) is 26.6. The van der Waals surface area contributed by atoms with E-state index in [0.29, 0.717) is 5.92 Å². The third kappa shape index (κ3) is 7.93. The Bertz CT molecular complexity index is 2080. The van der Waals surface area contributed by atoms with Gasteiger partial charge >= 0.3 is 0 Å². The minimum atomic E-state index is -0.449. The lowest BCUT2D eigenvalue weighted by molar-refractivity contribution is 0.527. The molecule has 5 aromatic carbocycles. The van der Waals surface area contributed by atoms with E-state index in [4.69, 9.17) is 0 Å². The van der Waals surface area contributed by atoms with Gasteiger partial charge in [0.2, 0.25) is 0 Å². The molecule has 7 rings (SSSR count). The van der Waals surface area contributed by atoms with Gasteiger partial charge in [-0.15, -0.1) is 0 Å². The van der Waals surface area contributed by atoms with Crippen molar-refractivity contribution < 1.29 is 0 Å². The molecule has 0 spiro atoms. The van der Waals surface area contributed by atoms with Crippen molar-refractivity contribution in [2.45, 2.75) is 118 Å². The molecule has 1 atom stereocenters. The molecule has 0 amide bonds. The molecule has 0 fully saturated rings. The Morgan fingerprint density at radius 1 is 0.582 bits per heavy atom. The number of unbranched alkanes of at least 4 members (excludes halogenated alkanes) is 6. The number of halogens is 2. The molecule has 2 aliphatic rings. The number of fused-ring (bicyclic) bond motifs is 3. The summed E-state index contributed by atoms with van der Waals surface area (Å²) in [6.07, 6.45) is 21.6. The van der Waals surface area contributed by atoms with Crippen LogP contribution in [0.1, 0.15) is 123 Å². The summed E-state index contributed by atoms with van der Waals surface area (Å²) in [5, 5.41) is 0. The molecule has 0 radical (unpaired) electrons. The predicted octanol–water partition coefficient (Wildman–Crippen LogP) is 16.7. The average molecular weight is 855 g/mol. The first kappa shape index (κ1) is 39.8. The van der Waals surface area contributed by atoms with Crippen LogP contribution in [0.4, 0.5) is 0 Å². The molecule has 0 saturated carbocycles. The molecule has 2 aliphatic carbocycles. The summed E-state index contributed by atoms with van der Waals surface area (Å²) in [5.41, 5.74) is 19.7. The van der Waals surface area contributed by atoms with E-state index in [1.54, 1.807) is 0 Å². The van der Waals surface area contributed by atoms with E-state index in [2.05, 4.69) is 177 Å². The molecular formula is C53H58Br2. The maximum absolute atomic E-state index is 3.77. The third-order valence-electron chi connectivity index (χ3n) is 12.5. The average Bonchev–Trinajstić information content (AvgIpc) is 3.44. The quantitative estimate of drug-likeness (QED) is 0.0977. The van der Waals surface area contributed by atoms with E-state index < -0.39 is 5.41 Å². The summed E-state index contributed by atoms with van der Waals surface area (Å²) >= 11 is 7.54. The van der Waals surface area contributed by atoms with Crippen LogP contribution >= 0.6 is 31.9 Å². The van der Waals surface area contributed by atoms with Gasteiger partial charge in [-0.1, -0.05) is 157 Å². The van der Waals surface area contributed by atoms with Crippen molar-refractivity contribution in [3.8, 4) is 33.4 Å². The Balaban J connectivity index is 1.46. The van der Waals surface area contributed by atoms with Crippen molar-refractivity contribution in [2.75, 3.05) is 0 Å². The zero-order valence-corrected chi connectivity index (χ0v) is 37.1. The standard InChI is InChI=1S/C53H58Br2/c1-7-9-11-13-15-39-17-23-43(24-18-39)53(44-25-19-40(20-26-44)16-14-12-10-8-2)49-33-41(51-35(3)29-45(54)30-36(51)4)21-27-47(49)48-28-22-42(34-50(48)53)52-37(5)31-46(55)32-38(52)6/h17-19,21-34,40H,7-16,20H2,1-6H3. The van der Waals surface area contributed by atoms with Crippen LogP contribution in [0.25, 0.3) is 33.4 Å². The molecule has 0 nitrogen and oxygen atoms in total. The van der Waals surface area contributed by atoms with Gasteiger partial charge in [0, 0.05) is 8.95 Å². The van der Waals surface area contributed by atoms with Crippen molar-refractivity contribution in [1.82, 2.24) is 0 Å². The van der Waals surface area contributed by atoms with E-state index in [9.17, 15) is 0 Å². The Labute approximate surface area is 348 Å². The lowest BCUT2D eigenvalue weighted by Gasteiger charge is -2.37. The summed E-state index contributed by atoms with van der Waals surface area (Å²) in [4.78, 5) is 0. The van der Waals surface area contributed by atoms with Gasteiger partial charge in [-0.3, -0.25) is 0 Å². The monoisotopic (exact) mass is 852 g/mol. The van der Waals surface area contributed by atoms with Crippen LogP contribution in [0.2, 0.25) is 0 Å². The maximum atomic E-state index is 3.77. The fraction of sp³-hybridized carbons (Fsp3) is 0.358. The van der Waals surface area contributed by atoms with Gasteiger partial charge < -0.3 is 0 Å². The van der Waals surface area contributed by atoms with Crippen molar-refractivity contribution in [3.05, 3.63) is 162 Å².